The smallest absolute Gasteiger partial charge is 0.324 e. The van der Waals surface area contributed by atoms with Gasteiger partial charge in [0.2, 0.25) is 0 Å². The van der Waals surface area contributed by atoms with Gasteiger partial charge >= 0.3 is 6.92 Å². The molecule has 1 heterocycles. The maximum atomic E-state index is 6.18. The van der Waals surface area contributed by atoms with E-state index in [9.17, 15) is 0 Å². The van der Waals surface area contributed by atoms with Crippen molar-refractivity contribution in [3.05, 3.63) is 53.1 Å². The van der Waals surface area contributed by atoms with Crippen LogP contribution in [-0.2, 0) is 11.3 Å². The van der Waals surface area contributed by atoms with E-state index in [1.165, 1.54) is 16.6 Å². The molecular formula is C19H24BNO2. The summed E-state index contributed by atoms with van der Waals surface area (Å²) in [5.41, 5.74) is 10.8. The zero-order valence-electron chi connectivity index (χ0n) is 14.3. The molecule has 0 unspecified atom stereocenters. The van der Waals surface area contributed by atoms with Crippen molar-refractivity contribution in [2.45, 2.75) is 46.2 Å². The lowest BCUT2D eigenvalue weighted by Gasteiger charge is -2.19. The molecule has 1 aliphatic heterocycles. The highest BCUT2D eigenvalue weighted by molar-refractivity contribution is 6.68. The van der Waals surface area contributed by atoms with Gasteiger partial charge in [0.15, 0.2) is 0 Å². The molecule has 2 aromatic carbocycles. The van der Waals surface area contributed by atoms with Gasteiger partial charge in [-0.05, 0) is 53.2 Å². The van der Waals surface area contributed by atoms with Crippen molar-refractivity contribution in [3.63, 3.8) is 0 Å². The minimum Gasteiger partial charge on any atom is -0.457 e. The van der Waals surface area contributed by atoms with Gasteiger partial charge in [-0.15, -0.1) is 0 Å². The summed E-state index contributed by atoms with van der Waals surface area (Å²) in [7, 11) is 0. The number of rotatable bonds is 4. The Morgan fingerprint density at radius 2 is 1.78 bits per heavy atom. The van der Waals surface area contributed by atoms with Gasteiger partial charge in [-0.2, -0.15) is 0 Å². The second-order valence-electron chi connectivity index (χ2n) is 6.62. The Bertz CT molecular complexity index is 695. The fourth-order valence-electron chi connectivity index (χ4n) is 3.22. The first-order valence-corrected chi connectivity index (χ1v) is 8.28. The number of hydrogen-bond acceptors (Lipinski definition) is 3. The van der Waals surface area contributed by atoms with Crippen LogP contribution in [0, 0.1) is 0 Å². The molecule has 0 fully saturated rings. The zero-order chi connectivity index (χ0) is 16.6. The molecule has 0 saturated heterocycles. The van der Waals surface area contributed by atoms with Gasteiger partial charge in [0.1, 0.15) is 11.5 Å². The van der Waals surface area contributed by atoms with E-state index >= 15 is 0 Å². The molecule has 0 spiro atoms. The molecule has 2 N–H and O–H groups in total. The van der Waals surface area contributed by atoms with Crippen molar-refractivity contribution >= 4 is 12.4 Å². The van der Waals surface area contributed by atoms with Crippen LogP contribution in [0.15, 0.2) is 36.4 Å². The van der Waals surface area contributed by atoms with Crippen LogP contribution < -0.4 is 15.9 Å². The van der Waals surface area contributed by atoms with Crippen molar-refractivity contribution < 1.29 is 9.39 Å². The molecule has 23 heavy (non-hydrogen) atoms. The summed E-state index contributed by atoms with van der Waals surface area (Å²) < 4.78 is 12.0. The standard InChI is InChI=1S/C19H24BNO2/c1-12(2)18-17(10-7-15-11-22-20(4)19(15)18)23-16-8-5-14(6-9-16)13(3)21/h5-10,12-13H,11,21H2,1-4H3/t13-/m1/s1. The van der Waals surface area contributed by atoms with Crippen LogP contribution in [0.25, 0.3) is 0 Å². The highest BCUT2D eigenvalue weighted by Gasteiger charge is 2.29. The van der Waals surface area contributed by atoms with Crippen molar-refractivity contribution in [3.8, 4) is 11.5 Å². The first-order chi connectivity index (χ1) is 11.0. The van der Waals surface area contributed by atoms with E-state index in [1.54, 1.807) is 0 Å². The number of nitrogens with two attached hydrogens (primary N) is 1. The summed E-state index contributed by atoms with van der Waals surface area (Å²) in [6, 6.07) is 12.2. The van der Waals surface area contributed by atoms with E-state index in [2.05, 4.69) is 32.8 Å². The number of fused-ring (bicyclic) bond motifs is 1. The third kappa shape index (κ3) is 3.14. The highest BCUT2D eigenvalue weighted by atomic mass is 16.5. The minimum atomic E-state index is 0.0354. The van der Waals surface area contributed by atoms with Crippen LogP contribution in [0.4, 0.5) is 0 Å². The summed E-state index contributed by atoms with van der Waals surface area (Å²) in [6.07, 6.45) is 0. The maximum Gasteiger partial charge on any atom is 0.324 e. The van der Waals surface area contributed by atoms with Crippen LogP contribution in [0.3, 0.4) is 0 Å². The van der Waals surface area contributed by atoms with Crippen molar-refractivity contribution in [1.29, 1.82) is 0 Å². The highest BCUT2D eigenvalue weighted by Crippen LogP contribution is 2.32. The molecule has 2 aromatic rings. The predicted molar refractivity (Wildman–Crippen MR) is 95.7 cm³/mol. The second-order valence-corrected chi connectivity index (χ2v) is 6.62. The number of hydrogen-bond donors (Lipinski definition) is 1. The zero-order valence-corrected chi connectivity index (χ0v) is 14.3. The van der Waals surface area contributed by atoms with E-state index in [0.29, 0.717) is 12.5 Å². The largest absolute Gasteiger partial charge is 0.457 e. The van der Waals surface area contributed by atoms with Gasteiger partial charge in [0, 0.05) is 6.04 Å². The lowest BCUT2D eigenvalue weighted by atomic mass is 9.61. The van der Waals surface area contributed by atoms with E-state index in [0.717, 1.165) is 17.1 Å². The van der Waals surface area contributed by atoms with E-state index in [1.807, 2.05) is 31.2 Å². The third-order valence-electron chi connectivity index (χ3n) is 4.44. The lowest BCUT2D eigenvalue weighted by Crippen LogP contribution is -2.29. The molecule has 0 radical (unpaired) electrons. The average Bonchev–Trinajstić information content (AvgIpc) is 2.89. The molecule has 120 valence electrons. The Labute approximate surface area is 138 Å². The summed E-state index contributed by atoms with van der Waals surface area (Å²) in [6.45, 7) is 9.32. The Hall–Kier alpha value is -1.78. The molecule has 1 aliphatic rings. The molecule has 3 rings (SSSR count). The molecule has 0 amide bonds. The van der Waals surface area contributed by atoms with Gasteiger partial charge in [0.05, 0.1) is 6.61 Å². The quantitative estimate of drug-likeness (QED) is 0.869. The van der Waals surface area contributed by atoms with Crippen LogP contribution in [0.1, 0.15) is 49.4 Å². The third-order valence-corrected chi connectivity index (χ3v) is 4.44. The van der Waals surface area contributed by atoms with Gasteiger partial charge in [0.25, 0.3) is 0 Å². The average molecular weight is 309 g/mol. The van der Waals surface area contributed by atoms with E-state index in [4.69, 9.17) is 15.1 Å². The molecule has 0 bridgehead atoms. The molecular weight excluding hydrogens is 285 g/mol. The first-order valence-electron chi connectivity index (χ1n) is 8.28. The monoisotopic (exact) mass is 309 g/mol. The van der Waals surface area contributed by atoms with Crippen molar-refractivity contribution in [2.24, 2.45) is 5.73 Å². The molecule has 4 heteroatoms. The van der Waals surface area contributed by atoms with E-state index < -0.39 is 0 Å². The number of ether oxygens (including phenoxy) is 1. The second kappa shape index (κ2) is 6.38. The fourth-order valence-corrected chi connectivity index (χ4v) is 3.22. The summed E-state index contributed by atoms with van der Waals surface area (Å²) in [4.78, 5) is 0. The Morgan fingerprint density at radius 3 is 2.39 bits per heavy atom. The van der Waals surface area contributed by atoms with Crippen molar-refractivity contribution in [1.82, 2.24) is 0 Å². The van der Waals surface area contributed by atoms with Gasteiger partial charge in [-0.1, -0.05) is 38.9 Å². The molecule has 0 saturated carbocycles. The number of benzene rings is 2. The first kappa shape index (κ1) is 16.1. The molecule has 1 atom stereocenters. The summed E-state index contributed by atoms with van der Waals surface area (Å²) in [5.74, 6) is 2.14. The normalized spacial score (nSPS) is 15.0. The molecule has 3 nitrogen and oxygen atoms in total. The summed E-state index contributed by atoms with van der Waals surface area (Å²) >= 11 is 0. The van der Waals surface area contributed by atoms with E-state index in [-0.39, 0.29) is 13.0 Å². The fraction of sp³-hybridized carbons (Fsp3) is 0.368. The van der Waals surface area contributed by atoms with Crippen LogP contribution in [-0.4, -0.2) is 6.92 Å². The predicted octanol–water partition coefficient (Wildman–Crippen LogP) is 3.98. The molecule has 0 aliphatic carbocycles. The van der Waals surface area contributed by atoms with Gasteiger partial charge < -0.3 is 15.1 Å². The van der Waals surface area contributed by atoms with Crippen LogP contribution in [0.2, 0.25) is 6.82 Å². The van der Waals surface area contributed by atoms with Crippen LogP contribution >= 0.6 is 0 Å². The minimum absolute atomic E-state index is 0.0354. The van der Waals surface area contributed by atoms with Gasteiger partial charge in [-0.3, -0.25) is 0 Å². The summed E-state index contributed by atoms with van der Waals surface area (Å²) in [5, 5.41) is 0. The lowest BCUT2D eigenvalue weighted by molar-refractivity contribution is 0.333. The maximum absolute atomic E-state index is 6.18. The Balaban J connectivity index is 1.95. The molecule has 0 aromatic heterocycles. The van der Waals surface area contributed by atoms with Crippen LogP contribution in [0.5, 0.6) is 11.5 Å². The Morgan fingerprint density at radius 1 is 1.09 bits per heavy atom. The van der Waals surface area contributed by atoms with Crippen molar-refractivity contribution in [2.75, 3.05) is 0 Å². The SMILES string of the molecule is CB1OCc2ccc(Oc3ccc([C@@H](C)N)cc3)c(C(C)C)c21. The topological polar surface area (TPSA) is 44.5 Å². The Kier molecular flexibility index (Phi) is 4.47. The van der Waals surface area contributed by atoms with Gasteiger partial charge in [-0.25, -0.2) is 0 Å².